The third-order valence-corrected chi connectivity index (χ3v) is 6.36. The minimum Gasteiger partial charge on any atom is -0.450 e. The van der Waals surface area contributed by atoms with Crippen molar-refractivity contribution < 1.29 is 9.53 Å². The summed E-state index contributed by atoms with van der Waals surface area (Å²) in [5.74, 6) is -0.148. The van der Waals surface area contributed by atoms with Crippen molar-refractivity contribution >= 4 is 11.6 Å². The highest BCUT2D eigenvalue weighted by molar-refractivity contribution is 5.80. The van der Waals surface area contributed by atoms with E-state index in [1.807, 2.05) is 6.07 Å². The first-order valence-electron chi connectivity index (χ1n) is 11.8. The number of carbonyl (C=O) groups is 1. The molecule has 1 unspecified atom stereocenters. The molecule has 3 N–H and O–H groups in total. The molecule has 1 aliphatic heterocycles. The number of nitrogens with one attached hydrogen (secondary N) is 1. The largest absolute Gasteiger partial charge is 0.450 e. The van der Waals surface area contributed by atoms with Crippen LogP contribution in [-0.4, -0.2) is 46.0 Å². The Hall–Kier alpha value is -3.45. The Morgan fingerprint density at radius 2 is 1.62 bits per heavy atom. The summed E-state index contributed by atoms with van der Waals surface area (Å²) < 4.78 is 5.68. The third kappa shape index (κ3) is 5.91. The van der Waals surface area contributed by atoms with Crippen molar-refractivity contribution in [3.05, 3.63) is 71.5 Å². The van der Waals surface area contributed by atoms with Crippen molar-refractivity contribution in [2.45, 2.75) is 52.3 Å². The highest BCUT2D eigenvalue weighted by atomic mass is 16.5. The zero-order valence-corrected chi connectivity index (χ0v) is 20.1. The number of aromatic nitrogens is 2. The molecule has 0 saturated carbocycles. The van der Waals surface area contributed by atoms with Gasteiger partial charge in [-0.2, -0.15) is 9.97 Å². The second kappa shape index (κ2) is 10.7. The average Bonchev–Trinajstić information content (AvgIpc) is 2.84. The second-order valence-electron chi connectivity index (χ2n) is 8.97. The summed E-state index contributed by atoms with van der Waals surface area (Å²) >= 11 is 0. The van der Waals surface area contributed by atoms with Crippen LogP contribution in [0.4, 0.5) is 5.69 Å². The van der Waals surface area contributed by atoms with E-state index < -0.39 is 6.10 Å². The van der Waals surface area contributed by atoms with Crippen LogP contribution in [0.2, 0.25) is 0 Å². The molecule has 1 atom stereocenters. The maximum absolute atomic E-state index is 12.6. The Morgan fingerprint density at radius 3 is 2.24 bits per heavy atom. The minimum atomic E-state index is -0.677. The molecule has 2 aromatic carbocycles. The number of benzene rings is 2. The fraction of sp³-hybridized carbons (Fsp3) is 0.370. The molecule has 7 nitrogen and oxygen atoms in total. The molecule has 0 bridgehead atoms. The molecule has 0 radical (unpaired) electrons. The van der Waals surface area contributed by atoms with Crippen LogP contribution >= 0.6 is 0 Å². The van der Waals surface area contributed by atoms with Crippen molar-refractivity contribution in [1.82, 2.24) is 20.2 Å². The summed E-state index contributed by atoms with van der Waals surface area (Å²) in [5.41, 5.74) is 11.5. The zero-order valence-electron chi connectivity index (χ0n) is 20.1. The molecule has 34 heavy (non-hydrogen) atoms. The summed E-state index contributed by atoms with van der Waals surface area (Å²) in [5, 5.41) is 3.12. The molecule has 178 valence electrons. The third-order valence-electron chi connectivity index (χ3n) is 6.36. The van der Waals surface area contributed by atoms with Crippen LogP contribution in [0.15, 0.2) is 54.6 Å². The fourth-order valence-corrected chi connectivity index (χ4v) is 4.20. The number of likely N-dealkylation sites (tertiary alicyclic amines) is 1. The Labute approximate surface area is 201 Å². The van der Waals surface area contributed by atoms with Gasteiger partial charge in [0, 0.05) is 25.7 Å². The van der Waals surface area contributed by atoms with E-state index in [1.165, 1.54) is 16.7 Å². The molecular formula is C27H33N5O2. The second-order valence-corrected chi connectivity index (χ2v) is 8.97. The van der Waals surface area contributed by atoms with Gasteiger partial charge in [-0.15, -0.1) is 0 Å². The molecule has 1 aromatic heterocycles. The minimum absolute atomic E-state index is 0.145. The number of nitrogen functional groups attached to an aromatic ring is 1. The van der Waals surface area contributed by atoms with Crippen LogP contribution in [0.3, 0.4) is 0 Å². The summed E-state index contributed by atoms with van der Waals surface area (Å²) in [6.45, 7) is 8.12. The van der Waals surface area contributed by atoms with Gasteiger partial charge in [0.05, 0.1) is 17.1 Å². The van der Waals surface area contributed by atoms with Gasteiger partial charge in [0.15, 0.2) is 6.10 Å². The van der Waals surface area contributed by atoms with Crippen LogP contribution in [0, 0.1) is 13.8 Å². The van der Waals surface area contributed by atoms with Gasteiger partial charge in [-0.1, -0.05) is 54.6 Å². The number of anilines is 1. The Morgan fingerprint density at radius 1 is 1.03 bits per heavy atom. The maximum atomic E-state index is 12.6. The topological polar surface area (TPSA) is 93.4 Å². The van der Waals surface area contributed by atoms with Crippen LogP contribution in [-0.2, 0) is 11.3 Å². The Kier molecular flexibility index (Phi) is 7.43. The van der Waals surface area contributed by atoms with E-state index in [0.29, 0.717) is 17.1 Å². The van der Waals surface area contributed by atoms with Gasteiger partial charge in [-0.3, -0.25) is 9.69 Å². The summed E-state index contributed by atoms with van der Waals surface area (Å²) in [6, 6.07) is 19.5. The Balaban J connectivity index is 1.23. The predicted molar refractivity (Wildman–Crippen MR) is 134 cm³/mol. The molecule has 1 amide bonds. The van der Waals surface area contributed by atoms with Crippen molar-refractivity contribution in [3.8, 4) is 17.1 Å². The lowest BCUT2D eigenvalue weighted by Crippen LogP contribution is -2.48. The summed E-state index contributed by atoms with van der Waals surface area (Å²) in [4.78, 5) is 23.5. The molecule has 1 aliphatic rings. The van der Waals surface area contributed by atoms with E-state index in [1.54, 1.807) is 20.8 Å². The number of nitrogens with two attached hydrogens (primary N) is 1. The molecular weight excluding hydrogens is 426 g/mol. The van der Waals surface area contributed by atoms with E-state index >= 15 is 0 Å². The maximum Gasteiger partial charge on any atom is 0.317 e. The number of ether oxygens (including phenoxy) is 1. The monoisotopic (exact) mass is 459 g/mol. The molecule has 1 saturated heterocycles. The van der Waals surface area contributed by atoms with Crippen LogP contribution < -0.4 is 15.8 Å². The quantitative estimate of drug-likeness (QED) is 0.557. The van der Waals surface area contributed by atoms with Crippen molar-refractivity contribution in [2.75, 3.05) is 18.8 Å². The van der Waals surface area contributed by atoms with E-state index in [4.69, 9.17) is 10.5 Å². The first-order valence-corrected chi connectivity index (χ1v) is 11.8. The van der Waals surface area contributed by atoms with Gasteiger partial charge in [0.2, 0.25) is 0 Å². The summed E-state index contributed by atoms with van der Waals surface area (Å²) in [6.07, 6.45) is 1.15. The number of hydrogen-bond acceptors (Lipinski definition) is 6. The summed E-state index contributed by atoms with van der Waals surface area (Å²) in [7, 11) is 0. The molecule has 7 heteroatoms. The van der Waals surface area contributed by atoms with Gasteiger partial charge in [0.25, 0.3) is 5.91 Å². The van der Waals surface area contributed by atoms with Gasteiger partial charge >= 0.3 is 6.01 Å². The SMILES string of the molecule is Cc1nc(OC(C)C(=O)NC2CCN(Cc3ccc(-c4ccccc4)cc3)CC2)nc(C)c1N. The van der Waals surface area contributed by atoms with Crippen LogP contribution in [0.25, 0.3) is 11.1 Å². The van der Waals surface area contributed by atoms with Gasteiger partial charge < -0.3 is 15.8 Å². The molecule has 0 spiro atoms. The Bertz CT molecular complexity index is 1090. The number of aryl methyl sites for hydroxylation is 2. The van der Waals surface area contributed by atoms with E-state index in [0.717, 1.165) is 32.5 Å². The zero-order chi connectivity index (χ0) is 24.1. The molecule has 1 fully saturated rings. The number of hydrogen-bond donors (Lipinski definition) is 2. The van der Waals surface area contributed by atoms with Crippen LogP contribution in [0.1, 0.15) is 36.7 Å². The van der Waals surface area contributed by atoms with Gasteiger partial charge in [-0.05, 0) is 50.3 Å². The van der Waals surface area contributed by atoms with Gasteiger partial charge in [0.1, 0.15) is 0 Å². The van der Waals surface area contributed by atoms with E-state index in [2.05, 4.69) is 68.7 Å². The molecule has 2 heterocycles. The normalized spacial score (nSPS) is 15.6. The van der Waals surface area contributed by atoms with Crippen LogP contribution in [0.5, 0.6) is 6.01 Å². The standard InChI is InChI=1S/C27H33N5O2/c1-18-25(28)19(2)30-27(29-18)34-20(3)26(33)31-24-13-15-32(16-14-24)17-21-9-11-23(12-10-21)22-7-5-4-6-8-22/h4-12,20,24H,13-17,28H2,1-3H3,(H,31,33). The van der Waals surface area contributed by atoms with Crippen molar-refractivity contribution in [2.24, 2.45) is 0 Å². The lowest BCUT2D eigenvalue weighted by Gasteiger charge is -2.32. The number of rotatable bonds is 7. The fourth-order valence-electron chi connectivity index (χ4n) is 4.20. The first kappa shape index (κ1) is 23.7. The highest BCUT2D eigenvalue weighted by Gasteiger charge is 2.24. The van der Waals surface area contributed by atoms with Crippen molar-refractivity contribution in [3.63, 3.8) is 0 Å². The highest BCUT2D eigenvalue weighted by Crippen LogP contribution is 2.21. The van der Waals surface area contributed by atoms with Crippen molar-refractivity contribution in [1.29, 1.82) is 0 Å². The number of carbonyl (C=O) groups excluding carboxylic acids is 1. The predicted octanol–water partition coefficient (Wildman–Crippen LogP) is 3.89. The average molecular weight is 460 g/mol. The lowest BCUT2D eigenvalue weighted by molar-refractivity contribution is -0.128. The van der Waals surface area contributed by atoms with Gasteiger partial charge in [-0.25, -0.2) is 0 Å². The first-order chi connectivity index (χ1) is 16.4. The molecule has 4 rings (SSSR count). The number of nitrogens with zero attached hydrogens (tertiary/aromatic N) is 3. The molecule has 3 aromatic rings. The molecule has 0 aliphatic carbocycles. The smallest absolute Gasteiger partial charge is 0.317 e. The van der Waals surface area contributed by atoms with E-state index in [-0.39, 0.29) is 18.0 Å². The lowest BCUT2D eigenvalue weighted by atomic mass is 10.0. The van der Waals surface area contributed by atoms with E-state index in [9.17, 15) is 4.79 Å². The number of amides is 1. The number of piperidine rings is 1.